The Labute approximate surface area is 151 Å². The van der Waals surface area contributed by atoms with Crippen LogP contribution in [-0.4, -0.2) is 62.5 Å². The van der Waals surface area contributed by atoms with Crippen LogP contribution in [0.2, 0.25) is 0 Å². The van der Waals surface area contributed by atoms with Gasteiger partial charge in [0, 0.05) is 50.8 Å². The Morgan fingerprint density at radius 2 is 2.08 bits per heavy atom. The standard InChI is InChI=1S/C19H22N4O3/c1-2-22-12-19(18(25)26)11-21(10-16(19)17(22)24)9-14-3-5-15(6-4-14)23-8-7-20-13-23/h3-8,13,16H,2,9-12H2,1H3,(H,25,26)/t16-,19-/m1/s1. The molecule has 0 unspecified atom stereocenters. The highest BCUT2D eigenvalue weighted by atomic mass is 16.4. The number of benzene rings is 1. The number of amides is 1. The first kappa shape index (κ1) is 16.8. The maximum absolute atomic E-state index is 12.5. The molecule has 136 valence electrons. The second-order valence-electron chi connectivity index (χ2n) is 7.17. The summed E-state index contributed by atoms with van der Waals surface area (Å²) in [6.07, 6.45) is 5.37. The number of carboxylic acids is 1. The Morgan fingerprint density at radius 3 is 2.65 bits per heavy atom. The smallest absolute Gasteiger partial charge is 0.313 e. The average Bonchev–Trinajstić information content (AvgIpc) is 3.33. The van der Waals surface area contributed by atoms with Crippen LogP contribution in [0.3, 0.4) is 0 Å². The normalized spacial score (nSPS) is 25.7. The Bertz CT molecular complexity index is 818. The predicted octanol–water partition coefficient (Wildman–Crippen LogP) is 1.24. The van der Waals surface area contributed by atoms with Gasteiger partial charge in [0.1, 0.15) is 5.41 Å². The minimum atomic E-state index is -0.968. The highest BCUT2D eigenvalue weighted by molar-refractivity contribution is 5.92. The monoisotopic (exact) mass is 354 g/mol. The van der Waals surface area contributed by atoms with Crippen molar-refractivity contribution in [1.82, 2.24) is 19.4 Å². The van der Waals surface area contributed by atoms with Crippen molar-refractivity contribution in [2.75, 3.05) is 26.2 Å². The van der Waals surface area contributed by atoms with Gasteiger partial charge in [-0.1, -0.05) is 12.1 Å². The zero-order valence-electron chi connectivity index (χ0n) is 14.7. The summed E-state index contributed by atoms with van der Waals surface area (Å²) >= 11 is 0. The molecule has 1 aromatic heterocycles. The minimum Gasteiger partial charge on any atom is -0.481 e. The molecular weight excluding hydrogens is 332 g/mol. The van der Waals surface area contributed by atoms with Crippen molar-refractivity contribution in [3.63, 3.8) is 0 Å². The molecule has 0 aliphatic carbocycles. The van der Waals surface area contributed by atoms with E-state index in [-0.39, 0.29) is 5.91 Å². The van der Waals surface area contributed by atoms with Crippen molar-refractivity contribution >= 4 is 11.9 Å². The van der Waals surface area contributed by atoms with Gasteiger partial charge in [-0.05, 0) is 24.6 Å². The van der Waals surface area contributed by atoms with Crippen LogP contribution in [-0.2, 0) is 16.1 Å². The predicted molar refractivity (Wildman–Crippen MR) is 94.7 cm³/mol. The number of aromatic nitrogens is 2. The summed E-state index contributed by atoms with van der Waals surface area (Å²) in [5.41, 5.74) is 1.17. The summed E-state index contributed by atoms with van der Waals surface area (Å²) in [6.45, 7) is 4.35. The van der Waals surface area contributed by atoms with Crippen molar-refractivity contribution in [3.05, 3.63) is 48.5 Å². The van der Waals surface area contributed by atoms with E-state index in [1.54, 1.807) is 17.4 Å². The average molecular weight is 354 g/mol. The third kappa shape index (κ3) is 2.59. The Hall–Kier alpha value is -2.67. The van der Waals surface area contributed by atoms with Crippen LogP contribution in [0.15, 0.2) is 43.0 Å². The highest BCUT2D eigenvalue weighted by Crippen LogP contribution is 2.43. The molecule has 2 aromatic rings. The summed E-state index contributed by atoms with van der Waals surface area (Å²) in [5, 5.41) is 9.82. The number of hydrogen-bond donors (Lipinski definition) is 1. The minimum absolute atomic E-state index is 0.0205. The zero-order chi connectivity index (χ0) is 18.3. The molecule has 0 radical (unpaired) electrons. The molecule has 2 atom stereocenters. The van der Waals surface area contributed by atoms with E-state index in [1.807, 2.05) is 42.0 Å². The molecule has 0 bridgehead atoms. The number of nitrogens with zero attached hydrogens (tertiary/aromatic N) is 4. The van der Waals surface area contributed by atoms with Crippen molar-refractivity contribution in [3.8, 4) is 5.69 Å². The van der Waals surface area contributed by atoms with Gasteiger partial charge < -0.3 is 14.6 Å². The highest BCUT2D eigenvalue weighted by Gasteiger charge is 2.61. The molecular formula is C19H22N4O3. The van der Waals surface area contributed by atoms with Gasteiger partial charge in [0.2, 0.25) is 5.91 Å². The fourth-order valence-corrected chi connectivity index (χ4v) is 4.24. The van der Waals surface area contributed by atoms with Gasteiger partial charge in [-0.2, -0.15) is 0 Å². The van der Waals surface area contributed by atoms with Crippen LogP contribution >= 0.6 is 0 Å². The number of carbonyl (C=O) groups is 2. The van der Waals surface area contributed by atoms with Crippen LogP contribution in [0.5, 0.6) is 0 Å². The number of likely N-dealkylation sites (tertiary alicyclic amines) is 2. The first-order valence-corrected chi connectivity index (χ1v) is 8.85. The summed E-state index contributed by atoms with van der Waals surface area (Å²) in [6, 6.07) is 8.11. The Balaban J connectivity index is 1.49. The van der Waals surface area contributed by atoms with E-state index in [0.29, 0.717) is 32.7 Å². The zero-order valence-corrected chi connectivity index (χ0v) is 14.7. The van der Waals surface area contributed by atoms with Crippen molar-refractivity contribution in [2.24, 2.45) is 11.3 Å². The van der Waals surface area contributed by atoms with Crippen molar-refractivity contribution < 1.29 is 14.7 Å². The molecule has 2 aliphatic heterocycles. The molecule has 3 heterocycles. The number of carbonyl (C=O) groups excluding carboxylic acids is 1. The lowest BCUT2D eigenvalue weighted by molar-refractivity contribution is -0.149. The number of imidazole rings is 1. The van der Waals surface area contributed by atoms with Crippen LogP contribution in [0.25, 0.3) is 5.69 Å². The summed E-state index contributed by atoms with van der Waals surface area (Å²) in [5.74, 6) is -1.32. The molecule has 26 heavy (non-hydrogen) atoms. The molecule has 2 aliphatic rings. The van der Waals surface area contributed by atoms with Crippen LogP contribution in [0.4, 0.5) is 0 Å². The lowest BCUT2D eigenvalue weighted by Crippen LogP contribution is -2.40. The van der Waals surface area contributed by atoms with Crippen LogP contribution in [0, 0.1) is 11.3 Å². The molecule has 2 fully saturated rings. The number of carboxylic acid groups (broad SMARTS) is 1. The van der Waals surface area contributed by atoms with Gasteiger partial charge in [0.15, 0.2) is 0 Å². The van der Waals surface area contributed by atoms with Gasteiger partial charge in [-0.25, -0.2) is 4.98 Å². The quantitative estimate of drug-likeness (QED) is 0.874. The fourth-order valence-electron chi connectivity index (χ4n) is 4.24. The van der Waals surface area contributed by atoms with Crippen LogP contribution < -0.4 is 0 Å². The van der Waals surface area contributed by atoms with E-state index >= 15 is 0 Å². The molecule has 0 spiro atoms. The van der Waals surface area contributed by atoms with Crippen LogP contribution in [0.1, 0.15) is 12.5 Å². The summed E-state index contributed by atoms with van der Waals surface area (Å²) < 4.78 is 1.93. The topological polar surface area (TPSA) is 78.7 Å². The molecule has 1 aromatic carbocycles. The summed E-state index contributed by atoms with van der Waals surface area (Å²) in [7, 11) is 0. The number of fused-ring (bicyclic) bond motifs is 1. The third-order valence-corrected chi connectivity index (χ3v) is 5.65. The third-order valence-electron chi connectivity index (χ3n) is 5.65. The first-order valence-electron chi connectivity index (χ1n) is 8.85. The van der Waals surface area contributed by atoms with E-state index in [2.05, 4.69) is 9.88 Å². The van der Waals surface area contributed by atoms with E-state index < -0.39 is 17.3 Å². The second kappa shape index (κ2) is 6.25. The van der Waals surface area contributed by atoms with E-state index in [0.717, 1.165) is 11.3 Å². The molecule has 1 N–H and O–H groups in total. The molecule has 7 heteroatoms. The Morgan fingerprint density at radius 1 is 1.31 bits per heavy atom. The maximum Gasteiger partial charge on any atom is 0.313 e. The van der Waals surface area contributed by atoms with Crippen molar-refractivity contribution in [2.45, 2.75) is 13.5 Å². The van der Waals surface area contributed by atoms with E-state index in [1.165, 1.54) is 0 Å². The van der Waals surface area contributed by atoms with Gasteiger partial charge in [0.05, 0.1) is 12.2 Å². The summed E-state index contributed by atoms with van der Waals surface area (Å²) in [4.78, 5) is 32.3. The first-order chi connectivity index (χ1) is 12.5. The number of aliphatic carboxylic acids is 1. The number of hydrogen-bond acceptors (Lipinski definition) is 4. The van der Waals surface area contributed by atoms with Gasteiger partial charge in [-0.15, -0.1) is 0 Å². The molecule has 4 rings (SSSR count). The largest absolute Gasteiger partial charge is 0.481 e. The Kier molecular flexibility index (Phi) is 4.03. The molecule has 2 saturated heterocycles. The lowest BCUT2D eigenvalue weighted by atomic mass is 9.81. The van der Waals surface area contributed by atoms with E-state index in [9.17, 15) is 14.7 Å². The van der Waals surface area contributed by atoms with Gasteiger partial charge >= 0.3 is 5.97 Å². The second-order valence-corrected chi connectivity index (χ2v) is 7.17. The SMILES string of the molecule is CCN1C[C@]2(C(=O)O)CN(Cc3ccc(-n4ccnc4)cc3)C[C@@H]2C1=O. The lowest BCUT2D eigenvalue weighted by Gasteiger charge is -2.24. The maximum atomic E-state index is 12.5. The van der Waals surface area contributed by atoms with Gasteiger partial charge in [-0.3, -0.25) is 14.5 Å². The molecule has 0 saturated carbocycles. The van der Waals surface area contributed by atoms with E-state index in [4.69, 9.17) is 0 Å². The molecule has 1 amide bonds. The van der Waals surface area contributed by atoms with Crippen molar-refractivity contribution in [1.29, 1.82) is 0 Å². The fraction of sp³-hybridized carbons (Fsp3) is 0.421. The number of rotatable bonds is 5. The van der Waals surface area contributed by atoms with Gasteiger partial charge in [0.25, 0.3) is 0 Å². The molecule has 7 nitrogen and oxygen atoms in total.